The van der Waals surface area contributed by atoms with E-state index >= 15 is 0 Å². The number of hydrogen-bond acceptors (Lipinski definition) is 2. The van der Waals surface area contributed by atoms with Gasteiger partial charge in [-0.25, -0.2) is 0 Å². The molecule has 0 atom stereocenters. The van der Waals surface area contributed by atoms with Crippen molar-refractivity contribution < 1.29 is 9.90 Å². The topological polar surface area (TPSA) is 40.5 Å². The van der Waals surface area contributed by atoms with Gasteiger partial charge in [0.05, 0.1) is 0 Å². The van der Waals surface area contributed by atoms with E-state index in [1.807, 2.05) is 18.2 Å². The lowest BCUT2D eigenvalue weighted by atomic mass is 10.1. The van der Waals surface area contributed by atoms with Gasteiger partial charge in [0.1, 0.15) is 5.75 Å². The molecule has 0 fully saturated rings. The van der Waals surface area contributed by atoms with E-state index in [1.165, 1.54) is 0 Å². The van der Waals surface area contributed by atoms with Crippen molar-refractivity contribution in [3.05, 3.63) is 64.1 Å². The van der Waals surface area contributed by atoms with Crippen molar-refractivity contribution in [2.24, 2.45) is 0 Å². The fourth-order valence-corrected chi connectivity index (χ4v) is 2.08. The number of phenols is 1. The molecule has 19 heavy (non-hydrogen) atoms. The first kappa shape index (κ1) is 13.6. The molecule has 2 rings (SSSR count). The Labute approximate surface area is 120 Å². The molecule has 3 nitrogen and oxygen atoms in total. The van der Waals surface area contributed by atoms with E-state index in [4.69, 9.17) is 0 Å². The number of hydrogen-bond donors (Lipinski definition) is 1. The van der Waals surface area contributed by atoms with Gasteiger partial charge in [0.25, 0.3) is 5.91 Å². The smallest absolute Gasteiger partial charge is 0.253 e. The van der Waals surface area contributed by atoms with E-state index in [2.05, 4.69) is 15.9 Å². The van der Waals surface area contributed by atoms with Gasteiger partial charge < -0.3 is 10.0 Å². The number of phenolic OH excluding ortho intramolecular Hbond substituents is 1. The number of amides is 1. The number of halogens is 1. The summed E-state index contributed by atoms with van der Waals surface area (Å²) in [6.45, 7) is 0.462. The number of rotatable bonds is 3. The number of carbonyl (C=O) groups excluding carboxylic acids is 1. The van der Waals surface area contributed by atoms with Gasteiger partial charge in [-0.1, -0.05) is 28.1 Å². The lowest BCUT2D eigenvalue weighted by Gasteiger charge is -2.17. The fraction of sp³-hybridized carbons (Fsp3) is 0.133. The molecule has 0 aliphatic carbocycles. The second-order valence-corrected chi connectivity index (χ2v) is 5.25. The maximum atomic E-state index is 12.2. The molecule has 4 heteroatoms. The first-order valence-corrected chi connectivity index (χ1v) is 6.64. The third kappa shape index (κ3) is 3.58. The van der Waals surface area contributed by atoms with E-state index in [0.717, 1.165) is 10.0 Å². The third-order valence-corrected chi connectivity index (χ3v) is 3.30. The van der Waals surface area contributed by atoms with Gasteiger partial charge in [0, 0.05) is 23.6 Å². The second kappa shape index (κ2) is 5.89. The molecule has 0 heterocycles. The average molecular weight is 320 g/mol. The van der Waals surface area contributed by atoms with Crippen molar-refractivity contribution in [1.82, 2.24) is 4.90 Å². The lowest BCUT2D eigenvalue weighted by molar-refractivity contribution is 0.0785. The molecule has 0 bridgehead atoms. The van der Waals surface area contributed by atoms with Crippen molar-refractivity contribution in [3.63, 3.8) is 0 Å². The number of nitrogens with zero attached hydrogens (tertiary/aromatic N) is 1. The zero-order chi connectivity index (χ0) is 13.8. The summed E-state index contributed by atoms with van der Waals surface area (Å²) in [6.07, 6.45) is 0. The Kier molecular flexibility index (Phi) is 4.22. The molecule has 0 unspecified atom stereocenters. The quantitative estimate of drug-likeness (QED) is 0.941. The Morgan fingerprint density at radius 1 is 1.21 bits per heavy atom. The zero-order valence-corrected chi connectivity index (χ0v) is 12.1. The summed E-state index contributed by atoms with van der Waals surface area (Å²) in [6, 6.07) is 14.2. The largest absolute Gasteiger partial charge is 0.508 e. The van der Waals surface area contributed by atoms with Crippen molar-refractivity contribution in [2.75, 3.05) is 7.05 Å². The van der Waals surface area contributed by atoms with Gasteiger partial charge in [0.15, 0.2) is 0 Å². The molecule has 0 aromatic heterocycles. The normalized spacial score (nSPS) is 10.2. The highest BCUT2D eigenvalue weighted by molar-refractivity contribution is 9.10. The lowest BCUT2D eigenvalue weighted by Crippen LogP contribution is -2.26. The summed E-state index contributed by atoms with van der Waals surface area (Å²) in [4.78, 5) is 13.8. The standard InChI is InChI=1S/C15H14BrNO2/c1-17(10-11-3-2-4-14(18)9-11)15(19)12-5-7-13(16)8-6-12/h2-9,18H,10H2,1H3. The van der Waals surface area contributed by atoms with Crippen LogP contribution in [0, 0.1) is 0 Å². The Hall–Kier alpha value is -1.81. The molecule has 1 N–H and O–H groups in total. The molecular formula is C15H14BrNO2. The van der Waals surface area contributed by atoms with Crippen LogP contribution in [0.15, 0.2) is 53.0 Å². The minimum absolute atomic E-state index is 0.0455. The third-order valence-electron chi connectivity index (χ3n) is 2.77. The molecule has 1 amide bonds. The molecule has 2 aromatic carbocycles. The zero-order valence-electron chi connectivity index (χ0n) is 10.5. The number of aromatic hydroxyl groups is 1. The van der Waals surface area contributed by atoms with Crippen LogP contribution in [0.5, 0.6) is 5.75 Å². The Balaban J connectivity index is 2.09. The van der Waals surface area contributed by atoms with Gasteiger partial charge in [-0.3, -0.25) is 4.79 Å². The molecule has 2 aromatic rings. The minimum atomic E-state index is -0.0455. The molecule has 0 aliphatic rings. The SMILES string of the molecule is CN(Cc1cccc(O)c1)C(=O)c1ccc(Br)cc1. The summed E-state index contributed by atoms with van der Waals surface area (Å²) < 4.78 is 0.944. The van der Waals surface area contributed by atoms with Crippen molar-refractivity contribution in [2.45, 2.75) is 6.54 Å². The molecule has 0 spiro atoms. The highest BCUT2D eigenvalue weighted by Gasteiger charge is 2.11. The highest BCUT2D eigenvalue weighted by Crippen LogP contribution is 2.15. The van der Waals surface area contributed by atoms with Gasteiger partial charge in [-0.05, 0) is 42.0 Å². The average Bonchev–Trinajstić information content (AvgIpc) is 2.39. The summed E-state index contributed by atoms with van der Waals surface area (Å²) in [5.41, 5.74) is 1.54. The fourth-order valence-electron chi connectivity index (χ4n) is 1.81. The first-order valence-electron chi connectivity index (χ1n) is 5.85. The van der Waals surface area contributed by atoms with Crippen LogP contribution in [0.25, 0.3) is 0 Å². The van der Waals surface area contributed by atoms with Crippen LogP contribution in [-0.2, 0) is 6.54 Å². The van der Waals surface area contributed by atoms with E-state index in [1.54, 1.807) is 42.3 Å². The predicted octanol–water partition coefficient (Wildman–Crippen LogP) is 3.43. The Morgan fingerprint density at radius 2 is 1.89 bits per heavy atom. The van der Waals surface area contributed by atoms with Crippen molar-refractivity contribution >= 4 is 21.8 Å². The van der Waals surface area contributed by atoms with Gasteiger partial charge in [-0.2, -0.15) is 0 Å². The van der Waals surface area contributed by atoms with Gasteiger partial charge >= 0.3 is 0 Å². The molecule has 0 aliphatic heterocycles. The van der Waals surface area contributed by atoms with Crippen molar-refractivity contribution in [1.29, 1.82) is 0 Å². The van der Waals surface area contributed by atoms with Crippen LogP contribution in [0.4, 0.5) is 0 Å². The maximum absolute atomic E-state index is 12.2. The predicted molar refractivity (Wildman–Crippen MR) is 78.0 cm³/mol. The van der Waals surface area contributed by atoms with E-state index in [-0.39, 0.29) is 11.7 Å². The Morgan fingerprint density at radius 3 is 2.53 bits per heavy atom. The summed E-state index contributed by atoms with van der Waals surface area (Å²) >= 11 is 3.34. The maximum Gasteiger partial charge on any atom is 0.253 e. The molecule has 98 valence electrons. The minimum Gasteiger partial charge on any atom is -0.508 e. The highest BCUT2D eigenvalue weighted by atomic mass is 79.9. The van der Waals surface area contributed by atoms with Crippen LogP contribution in [0.2, 0.25) is 0 Å². The van der Waals surface area contributed by atoms with Crippen LogP contribution < -0.4 is 0 Å². The second-order valence-electron chi connectivity index (χ2n) is 4.34. The molecule has 0 saturated heterocycles. The van der Waals surface area contributed by atoms with Crippen LogP contribution >= 0.6 is 15.9 Å². The summed E-state index contributed by atoms with van der Waals surface area (Å²) in [5.74, 6) is 0.165. The molecular weight excluding hydrogens is 306 g/mol. The summed E-state index contributed by atoms with van der Waals surface area (Å²) in [5, 5.41) is 9.40. The van der Waals surface area contributed by atoms with Crippen LogP contribution in [0.1, 0.15) is 15.9 Å². The van der Waals surface area contributed by atoms with Crippen LogP contribution in [0.3, 0.4) is 0 Å². The number of benzene rings is 2. The van der Waals surface area contributed by atoms with E-state index < -0.39 is 0 Å². The monoisotopic (exact) mass is 319 g/mol. The Bertz CT molecular complexity index is 581. The van der Waals surface area contributed by atoms with Crippen LogP contribution in [-0.4, -0.2) is 23.0 Å². The van der Waals surface area contributed by atoms with Gasteiger partial charge in [-0.15, -0.1) is 0 Å². The van der Waals surface area contributed by atoms with E-state index in [0.29, 0.717) is 12.1 Å². The van der Waals surface area contributed by atoms with Crippen molar-refractivity contribution in [3.8, 4) is 5.75 Å². The summed E-state index contributed by atoms with van der Waals surface area (Å²) in [7, 11) is 1.74. The molecule has 0 radical (unpaired) electrons. The van der Waals surface area contributed by atoms with Gasteiger partial charge in [0.2, 0.25) is 0 Å². The first-order chi connectivity index (χ1) is 9.06. The van der Waals surface area contributed by atoms with E-state index in [9.17, 15) is 9.90 Å². The number of carbonyl (C=O) groups is 1. The molecule has 0 saturated carbocycles.